The van der Waals surface area contributed by atoms with E-state index in [9.17, 15) is 14.7 Å². The number of aryl methyl sites for hydroxylation is 1. The van der Waals surface area contributed by atoms with Gasteiger partial charge in [0.05, 0.1) is 11.1 Å². The molecule has 3 rings (SSSR count). The van der Waals surface area contributed by atoms with Crippen LogP contribution in [0.4, 0.5) is 0 Å². The lowest BCUT2D eigenvalue weighted by molar-refractivity contribution is -0.121. The number of Topliss-reactive ketones (excluding diaryl/α,β-unsaturated/α-hetero) is 1. The number of hydrogen-bond donors (Lipinski definition) is 3. The number of halogens is 1. The summed E-state index contributed by atoms with van der Waals surface area (Å²) in [6.07, 6.45) is 10.6. The van der Waals surface area contributed by atoms with Crippen molar-refractivity contribution in [2.24, 2.45) is 11.1 Å². The van der Waals surface area contributed by atoms with Crippen molar-refractivity contribution < 1.29 is 14.7 Å². The Morgan fingerprint density at radius 3 is 2.12 bits per heavy atom. The van der Waals surface area contributed by atoms with E-state index in [2.05, 4.69) is 43.4 Å². The van der Waals surface area contributed by atoms with Gasteiger partial charge in [-0.3, -0.25) is 4.79 Å². The van der Waals surface area contributed by atoms with Gasteiger partial charge in [0.15, 0.2) is 0 Å². The maximum atomic E-state index is 11.8. The van der Waals surface area contributed by atoms with Crippen molar-refractivity contribution in [3.63, 3.8) is 0 Å². The quantitative estimate of drug-likeness (QED) is 0.206. The molecule has 2 aromatic carbocycles. The number of nitrogens with one attached hydrogen (secondary N) is 1. The van der Waals surface area contributed by atoms with Gasteiger partial charge in [-0.2, -0.15) is 0 Å². The fraction of sp³-hybridized carbons (Fsp3) is 0.543. The van der Waals surface area contributed by atoms with E-state index in [4.69, 9.17) is 17.3 Å². The second-order valence-electron chi connectivity index (χ2n) is 10.9. The monoisotopic (exact) mass is 584 g/mol. The van der Waals surface area contributed by atoms with E-state index in [1.165, 1.54) is 28.7 Å². The zero-order valence-electron chi connectivity index (χ0n) is 26.2. The highest BCUT2D eigenvalue weighted by Gasteiger charge is 2.23. The van der Waals surface area contributed by atoms with Gasteiger partial charge >= 0.3 is 0 Å². The van der Waals surface area contributed by atoms with Crippen LogP contribution in [0.15, 0.2) is 48.0 Å². The Kier molecular flexibility index (Phi) is 17.5. The fourth-order valence-electron chi connectivity index (χ4n) is 4.94. The van der Waals surface area contributed by atoms with Crippen LogP contribution in [0.2, 0.25) is 5.02 Å². The summed E-state index contributed by atoms with van der Waals surface area (Å²) in [4.78, 5) is 22.4. The fourth-order valence-corrected chi connectivity index (χ4v) is 5.23. The number of ketones is 1. The minimum Gasteiger partial charge on any atom is -0.507 e. The average molecular weight is 585 g/mol. The van der Waals surface area contributed by atoms with Crippen LogP contribution in [-0.2, 0) is 16.0 Å². The Bertz CT molecular complexity index is 1060. The molecule has 0 amide bonds. The predicted octanol–water partition coefficient (Wildman–Crippen LogP) is 8.23. The molecule has 5 nitrogen and oxygen atoms in total. The van der Waals surface area contributed by atoms with Crippen LogP contribution in [0.3, 0.4) is 0 Å². The van der Waals surface area contributed by atoms with E-state index >= 15 is 0 Å². The minimum atomic E-state index is -0.130. The number of benzene rings is 2. The van der Waals surface area contributed by atoms with Crippen molar-refractivity contribution in [3.8, 4) is 5.75 Å². The number of nitrogens with two attached hydrogens (primary N) is 1. The number of carbonyl (C=O) groups excluding carboxylic acids is 2. The van der Waals surface area contributed by atoms with Gasteiger partial charge in [-0.1, -0.05) is 80.8 Å². The summed E-state index contributed by atoms with van der Waals surface area (Å²) in [6, 6.07) is 13.7. The number of hydrogen-bond acceptors (Lipinski definition) is 5. The number of allylic oxidation sites excluding steroid dienone is 2. The molecule has 0 radical (unpaired) electrons. The van der Waals surface area contributed by atoms with E-state index in [0.717, 1.165) is 63.2 Å². The maximum absolute atomic E-state index is 11.8. The van der Waals surface area contributed by atoms with Crippen molar-refractivity contribution in [3.05, 3.63) is 69.8 Å². The first-order valence-corrected chi connectivity index (χ1v) is 15.6. The molecule has 4 N–H and O–H groups in total. The zero-order valence-corrected chi connectivity index (χ0v) is 26.9. The highest BCUT2D eigenvalue weighted by molar-refractivity contribution is 6.32. The summed E-state index contributed by atoms with van der Waals surface area (Å²) in [5, 5.41) is 13.6. The van der Waals surface area contributed by atoms with E-state index in [-0.39, 0.29) is 11.5 Å². The first kappa shape index (κ1) is 36.6. The number of aromatic hydroxyl groups is 1. The molecule has 0 spiro atoms. The van der Waals surface area contributed by atoms with Gasteiger partial charge in [0.2, 0.25) is 0 Å². The molecule has 1 fully saturated rings. The van der Waals surface area contributed by atoms with Gasteiger partial charge < -0.3 is 21.0 Å². The summed E-state index contributed by atoms with van der Waals surface area (Å²) in [7, 11) is 1.85. The van der Waals surface area contributed by atoms with Gasteiger partial charge in [-0.15, -0.1) is 0 Å². The first-order chi connectivity index (χ1) is 19.6. The summed E-state index contributed by atoms with van der Waals surface area (Å²) in [6.45, 7) is 10.9. The van der Waals surface area contributed by atoms with Gasteiger partial charge in [-0.25, -0.2) is 0 Å². The van der Waals surface area contributed by atoms with Crippen molar-refractivity contribution in [1.29, 1.82) is 0 Å². The highest BCUT2D eigenvalue weighted by Crippen LogP contribution is 2.41. The summed E-state index contributed by atoms with van der Waals surface area (Å²) < 4.78 is 0. The standard InChI is InChI=1S/C14H21NO.C13H15ClO.C8H17NO/c1-4-5-14(16)13(15-3)10-12-8-6-11(2)7-9-12;1-2-10(9-5-3-6-9)13-11(14)7-4-8-12(13)15;1-3-8(4-2,7-10)5-6-9/h6-9,13,15H,4-5,10H2,1-3H3;4,7-8,15H,2-3,5-6H2,1H3;7H,3-6,9H2,1-2H3. The molecule has 1 unspecified atom stereocenters. The smallest absolute Gasteiger partial charge is 0.150 e. The van der Waals surface area contributed by atoms with E-state index < -0.39 is 0 Å². The molecule has 1 atom stereocenters. The Balaban J connectivity index is 0.000000317. The molecule has 6 heteroatoms. The number of phenolic OH excluding ortho intramolecular Hbond substituents is 1. The SMILES string of the molecule is CCC(=C1CCC1)c1c(O)cccc1Cl.CCC(C=O)(CC)CCN.CCCC(=O)C(Cc1ccc(C)cc1)NC. The topological polar surface area (TPSA) is 92.4 Å². The van der Waals surface area contributed by atoms with E-state index in [1.54, 1.807) is 12.1 Å². The van der Waals surface area contributed by atoms with Crippen molar-refractivity contribution in [2.45, 2.75) is 105 Å². The van der Waals surface area contributed by atoms with Gasteiger partial charge in [0.1, 0.15) is 17.8 Å². The van der Waals surface area contributed by atoms with Crippen LogP contribution in [0.25, 0.3) is 5.57 Å². The lowest BCUT2D eigenvalue weighted by Gasteiger charge is -2.23. The number of phenols is 1. The molecule has 0 saturated heterocycles. The average Bonchev–Trinajstić information content (AvgIpc) is 2.95. The Morgan fingerprint density at radius 2 is 1.73 bits per heavy atom. The molecular weight excluding hydrogens is 532 g/mol. The largest absolute Gasteiger partial charge is 0.507 e. The first-order valence-electron chi connectivity index (χ1n) is 15.3. The lowest BCUT2D eigenvalue weighted by Crippen LogP contribution is -2.35. The predicted molar refractivity (Wildman–Crippen MR) is 175 cm³/mol. The number of rotatable bonds is 13. The molecular formula is C35H53ClN2O3. The molecule has 41 heavy (non-hydrogen) atoms. The Hall–Kier alpha value is -2.47. The van der Waals surface area contributed by atoms with Gasteiger partial charge in [-0.05, 0) is 102 Å². The molecule has 0 heterocycles. The van der Waals surface area contributed by atoms with Crippen LogP contribution >= 0.6 is 11.6 Å². The summed E-state index contributed by atoms with van der Waals surface area (Å²) in [5.74, 6) is 0.615. The van der Waals surface area contributed by atoms with Gasteiger partial charge in [0.25, 0.3) is 0 Å². The Morgan fingerprint density at radius 1 is 1.10 bits per heavy atom. The van der Waals surface area contributed by atoms with E-state index in [0.29, 0.717) is 29.5 Å². The third-order valence-corrected chi connectivity index (χ3v) is 8.44. The molecule has 0 aromatic heterocycles. The number of likely N-dealkylation sites (N-methyl/N-ethyl adjacent to an activating group) is 1. The van der Waals surface area contributed by atoms with Crippen LogP contribution in [-0.4, -0.2) is 36.8 Å². The van der Waals surface area contributed by atoms with Crippen LogP contribution < -0.4 is 11.1 Å². The third kappa shape index (κ3) is 11.7. The molecule has 1 saturated carbocycles. The minimum absolute atomic E-state index is 0.0392. The maximum Gasteiger partial charge on any atom is 0.150 e. The van der Waals surface area contributed by atoms with E-state index in [1.807, 2.05) is 33.9 Å². The van der Waals surface area contributed by atoms with Gasteiger partial charge in [0, 0.05) is 17.4 Å². The van der Waals surface area contributed by atoms with Crippen LogP contribution in [0, 0.1) is 12.3 Å². The van der Waals surface area contributed by atoms with Crippen molar-refractivity contribution in [1.82, 2.24) is 5.32 Å². The molecule has 1 aliphatic carbocycles. The molecule has 0 bridgehead atoms. The summed E-state index contributed by atoms with van der Waals surface area (Å²) >= 11 is 6.13. The molecule has 228 valence electrons. The van der Waals surface area contributed by atoms with Crippen molar-refractivity contribution >= 4 is 29.2 Å². The Labute approximate surface area is 254 Å². The second kappa shape index (κ2) is 19.6. The number of carbonyl (C=O) groups is 2. The number of aldehydes is 1. The molecule has 0 aliphatic heterocycles. The lowest BCUT2D eigenvalue weighted by atomic mass is 9.81. The molecule has 2 aromatic rings. The third-order valence-electron chi connectivity index (χ3n) is 8.13. The van der Waals surface area contributed by atoms with Crippen LogP contribution in [0.1, 0.15) is 102 Å². The normalized spacial score (nSPS) is 13.1. The van der Waals surface area contributed by atoms with Crippen molar-refractivity contribution in [2.75, 3.05) is 13.6 Å². The summed E-state index contributed by atoms with van der Waals surface area (Å²) in [5.41, 5.74) is 11.3. The molecule has 1 aliphatic rings. The zero-order chi connectivity index (χ0) is 30.8. The van der Waals surface area contributed by atoms with Crippen LogP contribution in [0.5, 0.6) is 5.75 Å². The second-order valence-corrected chi connectivity index (χ2v) is 11.3. The highest BCUT2D eigenvalue weighted by atomic mass is 35.5.